The summed E-state index contributed by atoms with van der Waals surface area (Å²) < 4.78 is 11.2. The van der Waals surface area contributed by atoms with Crippen LogP contribution in [0, 0.1) is 0 Å². The summed E-state index contributed by atoms with van der Waals surface area (Å²) in [4.78, 5) is 4.15. The lowest BCUT2D eigenvalue weighted by atomic mass is 10.0. The number of hydrogen-bond donors (Lipinski definition) is 1. The molecule has 2 heterocycles. The van der Waals surface area contributed by atoms with Crippen molar-refractivity contribution < 1.29 is 9.47 Å². The third kappa shape index (κ3) is 2.78. The molecule has 88 valence electrons. The van der Waals surface area contributed by atoms with Gasteiger partial charge in [0.15, 0.2) is 0 Å². The standard InChI is InChI=1S/C12H18N2O2/c1-2-14-12(10-4-3-5-13-8-10)11-9-15-6-7-16-11/h3-5,8,11-12,14H,2,6-7,9H2,1H3. The van der Waals surface area contributed by atoms with Gasteiger partial charge in [0.2, 0.25) is 0 Å². The van der Waals surface area contributed by atoms with E-state index in [0.29, 0.717) is 19.8 Å². The van der Waals surface area contributed by atoms with E-state index in [2.05, 4.69) is 23.3 Å². The van der Waals surface area contributed by atoms with Crippen molar-refractivity contribution in [1.82, 2.24) is 10.3 Å². The Hall–Kier alpha value is -0.970. The van der Waals surface area contributed by atoms with E-state index in [0.717, 1.165) is 12.1 Å². The van der Waals surface area contributed by atoms with E-state index in [-0.39, 0.29) is 12.1 Å². The predicted octanol–water partition coefficient (Wildman–Crippen LogP) is 1.15. The average Bonchev–Trinajstić information content (AvgIpc) is 2.38. The van der Waals surface area contributed by atoms with E-state index in [1.807, 2.05) is 12.3 Å². The molecule has 4 nitrogen and oxygen atoms in total. The van der Waals surface area contributed by atoms with Crippen LogP contribution >= 0.6 is 0 Å². The molecule has 16 heavy (non-hydrogen) atoms. The Morgan fingerprint density at radius 3 is 3.12 bits per heavy atom. The first-order valence-corrected chi connectivity index (χ1v) is 5.74. The van der Waals surface area contributed by atoms with Crippen LogP contribution in [0.5, 0.6) is 0 Å². The van der Waals surface area contributed by atoms with E-state index in [4.69, 9.17) is 9.47 Å². The molecule has 0 amide bonds. The maximum Gasteiger partial charge on any atom is 0.100 e. The van der Waals surface area contributed by atoms with Crippen LogP contribution in [0.2, 0.25) is 0 Å². The second kappa shape index (κ2) is 5.94. The summed E-state index contributed by atoms with van der Waals surface area (Å²) in [5.74, 6) is 0. The van der Waals surface area contributed by atoms with E-state index >= 15 is 0 Å². The second-order valence-corrected chi connectivity index (χ2v) is 3.81. The summed E-state index contributed by atoms with van der Waals surface area (Å²) >= 11 is 0. The van der Waals surface area contributed by atoms with Crippen molar-refractivity contribution in [3.8, 4) is 0 Å². The fourth-order valence-corrected chi connectivity index (χ4v) is 1.94. The first-order valence-electron chi connectivity index (χ1n) is 5.74. The van der Waals surface area contributed by atoms with Crippen molar-refractivity contribution in [2.75, 3.05) is 26.4 Å². The molecule has 2 rings (SSSR count). The fourth-order valence-electron chi connectivity index (χ4n) is 1.94. The van der Waals surface area contributed by atoms with E-state index in [1.54, 1.807) is 6.20 Å². The Balaban J connectivity index is 2.09. The highest BCUT2D eigenvalue weighted by molar-refractivity contribution is 5.15. The molecular formula is C12H18N2O2. The van der Waals surface area contributed by atoms with Gasteiger partial charge >= 0.3 is 0 Å². The smallest absolute Gasteiger partial charge is 0.100 e. The van der Waals surface area contributed by atoms with Crippen molar-refractivity contribution in [2.45, 2.75) is 19.1 Å². The lowest BCUT2D eigenvalue weighted by molar-refractivity contribution is -0.102. The normalized spacial score (nSPS) is 22.9. The summed E-state index contributed by atoms with van der Waals surface area (Å²) in [5.41, 5.74) is 1.15. The molecular weight excluding hydrogens is 204 g/mol. The Kier molecular flexibility index (Phi) is 4.27. The molecule has 0 aliphatic carbocycles. The van der Waals surface area contributed by atoms with Crippen LogP contribution in [0.15, 0.2) is 24.5 Å². The molecule has 1 aromatic heterocycles. The maximum atomic E-state index is 5.73. The van der Waals surface area contributed by atoms with Crippen LogP contribution in [-0.2, 0) is 9.47 Å². The molecule has 0 bridgehead atoms. The van der Waals surface area contributed by atoms with Crippen LogP contribution < -0.4 is 5.32 Å². The number of aromatic nitrogens is 1. The summed E-state index contributed by atoms with van der Waals surface area (Å²) in [5, 5.41) is 3.42. The Labute approximate surface area is 96.0 Å². The quantitative estimate of drug-likeness (QED) is 0.830. The highest BCUT2D eigenvalue weighted by atomic mass is 16.6. The van der Waals surface area contributed by atoms with E-state index in [9.17, 15) is 0 Å². The molecule has 4 heteroatoms. The largest absolute Gasteiger partial charge is 0.376 e. The van der Waals surface area contributed by atoms with Crippen LogP contribution in [0.1, 0.15) is 18.5 Å². The molecule has 0 saturated carbocycles. The SMILES string of the molecule is CCNC(c1cccnc1)C1COCCO1. The molecule has 0 spiro atoms. The maximum absolute atomic E-state index is 5.73. The second-order valence-electron chi connectivity index (χ2n) is 3.81. The van der Waals surface area contributed by atoms with Gasteiger partial charge in [-0.2, -0.15) is 0 Å². The summed E-state index contributed by atoms with van der Waals surface area (Å²) in [6.07, 6.45) is 3.74. The summed E-state index contributed by atoms with van der Waals surface area (Å²) in [6, 6.07) is 4.18. The van der Waals surface area contributed by atoms with Crippen LogP contribution in [0.4, 0.5) is 0 Å². The number of pyridine rings is 1. The van der Waals surface area contributed by atoms with Crippen molar-refractivity contribution in [1.29, 1.82) is 0 Å². The molecule has 1 aliphatic rings. The zero-order chi connectivity index (χ0) is 11.2. The van der Waals surface area contributed by atoms with Crippen LogP contribution in [0.3, 0.4) is 0 Å². The molecule has 1 N–H and O–H groups in total. The molecule has 1 fully saturated rings. The van der Waals surface area contributed by atoms with Gasteiger partial charge in [-0.3, -0.25) is 4.98 Å². The zero-order valence-electron chi connectivity index (χ0n) is 9.56. The van der Waals surface area contributed by atoms with Crippen molar-refractivity contribution >= 4 is 0 Å². The van der Waals surface area contributed by atoms with Crippen molar-refractivity contribution in [3.05, 3.63) is 30.1 Å². The van der Waals surface area contributed by atoms with Gasteiger partial charge in [-0.1, -0.05) is 13.0 Å². The predicted molar refractivity (Wildman–Crippen MR) is 61.2 cm³/mol. The van der Waals surface area contributed by atoms with Gasteiger partial charge in [0.1, 0.15) is 6.10 Å². The lowest BCUT2D eigenvalue weighted by Gasteiger charge is -2.31. The molecule has 1 aromatic rings. The van der Waals surface area contributed by atoms with Gasteiger partial charge in [0.05, 0.1) is 25.9 Å². The first-order chi connectivity index (χ1) is 7.92. The van der Waals surface area contributed by atoms with Gasteiger partial charge < -0.3 is 14.8 Å². The third-order valence-electron chi connectivity index (χ3n) is 2.68. The fraction of sp³-hybridized carbons (Fsp3) is 0.583. The summed E-state index contributed by atoms with van der Waals surface area (Å²) in [7, 11) is 0. The van der Waals surface area contributed by atoms with Crippen LogP contribution in [-0.4, -0.2) is 37.5 Å². The molecule has 0 aromatic carbocycles. The van der Waals surface area contributed by atoms with Gasteiger partial charge in [-0.15, -0.1) is 0 Å². The number of rotatable bonds is 4. The van der Waals surface area contributed by atoms with Crippen LogP contribution in [0.25, 0.3) is 0 Å². The van der Waals surface area contributed by atoms with E-state index < -0.39 is 0 Å². The minimum Gasteiger partial charge on any atom is -0.376 e. The van der Waals surface area contributed by atoms with Crippen molar-refractivity contribution in [3.63, 3.8) is 0 Å². The highest BCUT2D eigenvalue weighted by Crippen LogP contribution is 2.20. The van der Waals surface area contributed by atoms with Crippen molar-refractivity contribution in [2.24, 2.45) is 0 Å². The highest BCUT2D eigenvalue weighted by Gasteiger charge is 2.25. The lowest BCUT2D eigenvalue weighted by Crippen LogP contribution is -2.40. The first kappa shape index (κ1) is 11.5. The number of ether oxygens (including phenoxy) is 2. The number of nitrogens with one attached hydrogen (secondary N) is 1. The minimum atomic E-state index is 0.0814. The monoisotopic (exact) mass is 222 g/mol. The van der Waals surface area contributed by atoms with E-state index in [1.165, 1.54) is 0 Å². The Bertz CT molecular complexity index is 299. The number of nitrogens with zero attached hydrogens (tertiary/aromatic N) is 1. The molecule has 1 saturated heterocycles. The minimum absolute atomic E-state index is 0.0814. The van der Waals surface area contributed by atoms with Gasteiger partial charge in [-0.05, 0) is 18.2 Å². The molecule has 2 atom stereocenters. The molecule has 2 unspecified atom stereocenters. The van der Waals surface area contributed by atoms with Gasteiger partial charge in [0.25, 0.3) is 0 Å². The number of hydrogen-bond acceptors (Lipinski definition) is 4. The molecule has 1 aliphatic heterocycles. The zero-order valence-corrected chi connectivity index (χ0v) is 9.56. The third-order valence-corrected chi connectivity index (χ3v) is 2.68. The number of likely N-dealkylation sites (N-methyl/N-ethyl adjacent to an activating group) is 1. The van der Waals surface area contributed by atoms with Gasteiger partial charge in [0, 0.05) is 12.4 Å². The summed E-state index contributed by atoms with van der Waals surface area (Å²) in [6.45, 7) is 5.01. The average molecular weight is 222 g/mol. The molecule has 0 radical (unpaired) electrons. The Morgan fingerprint density at radius 1 is 1.56 bits per heavy atom. The Morgan fingerprint density at radius 2 is 2.50 bits per heavy atom. The van der Waals surface area contributed by atoms with Gasteiger partial charge in [-0.25, -0.2) is 0 Å². The topological polar surface area (TPSA) is 43.4 Å².